The van der Waals surface area contributed by atoms with Gasteiger partial charge in [-0.15, -0.1) is 0 Å². The SMILES string of the molecule is COc1ccc(S(=O)(=O)N2CCN(c3cccc(C(F)(F)F)c3)CC2)cc1NC(=O)c1ccc(C)cc1. The smallest absolute Gasteiger partial charge is 0.416 e. The van der Waals surface area contributed by atoms with Gasteiger partial charge in [-0.1, -0.05) is 23.8 Å². The number of nitrogens with one attached hydrogen (secondary N) is 1. The number of aryl methyl sites for hydroxylation is 1. The van der Waals surface area contributed by atoms with E-state index in [0.29, 0.717) is 17.0 Å². The number of carbonyl (C=O) groups excluding carboxylic acids is 1. The molecule has 0 atom stereocenters. The van der Waals surface area contributed by atoms with Crippen LogP contribution in [-0.4, -0.2) is 51.9 Å². The van der Waals surface area contributed by atoms with Crippen LogP contribution in [0.25, 0.3) is 0 Å². The van der Waals surface area contributed by atoms with Crippen LogP contribution in [-0.2, 0) is 16.2 Å². The number of rotatable bonds is 6. The molecule has 1 fully saturated rings. The topological polar surface area (TPSA) is 79.0 Å². The number of sulfonamides is 1. The van der Waals surface area contributed by atoms with E-state index < -0.39 is 27.7 Å². The van der Waals surface area contributed by atoms with Gasteiger partial charge in [-0.05, 0) is 55.5 Å². The van der Waals surface area contributed by atoms with E-state index in [9.17, 15) is 26.4 Å². The van der Waals surface area contributed by atoms with E-state index in [1.807, 2.05) is 6.92 Å². The first-order valence-electron chi connectivity index (χ1n) is 11.5. The lowest BCUT2D eigenvalue weighted by molar-refractivity contribution is -0.137. The number of nitrogens with zero attached hydrogens (tertiary/aromatic N) is 2. The Balaban J connectivity index is 1.50. The first-order chi connectivity index (χ1) is 17.5. The zero-order valence-electron chi connectivity index (χ0n) is 20.2. The largest absolute Gasteiger partial charge is 0.495 e. The maximum Gasteiger partial charge on any atom is 0.416 e. The molecular formula is C26H26F3N3O4S. The molecule has 0 aromatic heterocycles. The second kappa shape index (κ2) is 10.4. The fraction of sp³-hybridized carbons (Fsp3) is 0.269. The molecule has 0 unspecified atom stereocenters. The van der Waals surface area contributed by atoms with Crippen LogP contribution in [0.4, 0.5) is 24.5 Å². The van der Waals surface area contributed by atoms with Crippen LogP contribution in [0.1, 0.15) is 21.5 Å². The monoisotopic (exact) mass is 533 g/mol. The van der Waals surface area contributed by atoms with Crippen LogP contribution in [0.3, 0.4) is 0 Å². The molecule has 0 spiro atoms. The van der Waals surface area contributed by atoms with Gasteiger partial charge in [-0.2, -0.15) is 17.5 Å². The maximum atomic E-state index is 13.4. The number of anilines is 2. The van der Waals surface area contributed by atoms with Crippen molar-refractivity contribution < 1.29 is 31.1 Å². The van der Waals surface area contributed by atoms with Gasteiger partial charge in [0.1, 0.15) is 5.75 Å². The lowest BCUT2D eigenvalue weighted by Crippen LogP contribution is -2.48. The third-order valence-corrected chi connectivity index (χ3v) is 8.04. The van der Waals surface area contributed by atoms with E-state index in [-0.39, 0.29) is 36.8 Å². The molecule has 1 aliphatic heterocycles. The molecule has 0 saturated carbocycles. The van der Waals surface area contributed by atoms with Crippen molar-refractivity contribution in [3.63, 3.8) is 0 Å². The third kappa shape index (κ3) is 5.89. The molecule has 11 heteroatoms. The molecular weight excluding hydrogens is 507 g/mol. The Kier molecular flexibility index (Phi) is 7.47. The first kappa shape index (κ1) is 26.5. The molecule has 0 aliphatic carbocycles. The molecule has 0 radical (unpaired) electrons. The van der Waals surface area contributed by atoms with Gasteiger partial charge in [0.15, 0.2) is 0 Å². The second-order valence-electron chi connectivity index (χ2n) is 8.62. The Bertz CT molecular complexity index is 1380. The molecule has 1 N–H and O–H groups in total. The van der Waals surface area contributed by atoms with Gasteiger partial charge in [0.05, 0.1) is 23.3 Å². The first-order valence-corrected chi connectivity index (χ1v) is 12.9. The quantitative estimate of drug-likeness (QED) is 0.493. The Morgan fingerprint density at radius 1 is 0.946 bits per heavy atom. The fourth-order valence-electron chi connectivity index (χ4n) is 4.06. The Labute approximate surface area is 213 Å². The number of piperazine rings is 1. The van der Waals surface area contributed by atoms with Crippen molar-refractivity contribution in [2.75, 3.05) is 43.5 Å². The van der Waals surface area contributed by atoms with Crippen molar-refractivity contribution in [2.24, 2.45) is 0 Å². The normalized spacial score (nSPS) is 14.9. The third-order valence-electron chi connectivity index (χ3n) is 6.15. The van der Waals surface area contributed by atoms with E-state index >= 15 is 0 Å². The predicted molar refractivity (Wildman–Crippen MR) is 135 cm³/mol. The summed E-state index contributed by atoms with van der Waals surface area (Å²) < 4.78 is 72.6. The summed E-state index contributed by atoms with van der Waals surface area (Å²) in [6.07, 6.45) is -4.46. The molecule has 1 aliphatic rings. The van der Waals surface area contributed by atoms with Gasteiger partial charge < -0.3 is 15.0 Å². The number of carbonyl (C=O) groups is 1. The maximum absolute atomic E-state index is 13.4. The number of hydrogen-bond donors (Lipinski definition) is 1. The highest BCUT2D eigenvalue weighted by Crippen LogP contribution is 2.33. The highest BCUT2D eigenvalue weighted by Gasteiger charge is 2.32. The average Bonchev–Trinajstić information content (AvgIpc) is 2.88. The van der Waals surface area contributed by atoms with Crippen molar-refractivity contribution in [3.8, 4) is 5.75 Å². The summed E-state index contributed by atoms with van der Waals surface area (Å²) in [7, 11) is -2.52. The van der Waals surface area contributed by atoms with E-state index in [2.05, 4.69) is 5.32 Å². The lowest BCUT2D eigenvalue weighted by Gasteiger charge is -2.35. The van der Waals surface area contributed by atoms with E-state index in [4.69, 9.17) is 4.74 Å². The summed E-state index contributed by atoms with van der Waals surface area (Å²) in [6.45, 7) is 2.55. The average molecular weight is 534 g/mol. The van der Waals surface area contributed by atoms with Crippen LogP contribution in [0, 0.1) is 6.92 Å². The fourth-order valence-corrected chi connectivity index (χ4v) is 5.51. The number of hydrogen-bond acceptors (Lipinski definition) is 5. The van der Waals surface area contributed by atoms with Crippen LogP contribution < -0.4 is 15.0 Å². The number of alkyl halides is 3. The van der Waals surface area contributed by atoms with E-state index in [1.54, 1.807) is 35.2 Å². The molecule has 0 bridgehead atoms. The van der Waals surface area contributed by atoms with Crippen molar-refractivity contribution >= 4 is 27.3 Å². The standard InChI is InChI=1S/C26H26F3N3O4S/c1-18-6-8-19(9-7-18)25(33)30-23-17-22(10-11-24(23)36-2)37(34,35)32-14-12-31(13-15-32)21-5-3-4-20(16-21)26(27,28)29/h3-11,16-17H,12-15H2,1-2H3,(H,30,33). The zero-order chi connectivity index (χ0) is 26.8. The molecule has 1 saturated heterocycles. The molecule has 37 heavy (non-hydrogen) atoms. The number of amides is 1. The van der Waals surface area contributed by atoms with Gasteiger partial charge in [-0.25, -0.2) is 8.42 Å². The minimum atomic E-state index is -4.46. The molecule has 1 amide bonds. The summed E-state index contributed by atoms with van der Waals surface area (Å²) in [5.41, 5.74) is 1.25. The summed E-state index contributed by atoms with van der Waals surface area (Å²) >= 11 is 0. The highest BCUT2D eigenvalue weighted by atomic mass is 32.2. The minimum absolute atomic E-state index is 0.0278. The molecule has 7 nitrogen and oxygen atoms in total. The minimum Gasteiger partial charge on any atom is -0.495 e. The summed E-state index contributed by atoms with van der Waals surface area (Å²) in [5, 5.41) is 2.71. The number of halogens is 3. The van der Waals surface area contributed by atoms with E-state index in [1.165, 1.54) is 35.7 Å². The summed E-state index contributed by atoms with van der Waals surface area (Å²) in [4.78, 5) is 14.4. The Morgan fingerprint density at radius 2 is 1.62 bits per heavy atom. The number of methoxy groups -OCH3 is 1. The van der Waals surface area contributed by atoms with Crippen LogP contribution in [0.15, 0.2) is 71.6 Å². The molecule has 3 aromatic rings. The van der Waals surface area contributed by atoms with Gasteiger partial charge in [0.25, 0.3) is 5.91 Å². The predicted octanol–water partition coefficient (Wildman–Crippen LogP) is 4.79. The van der Waals surface area contributed by atoms with Crippen LogP contribution >= 0.6 is 0 Å². The van der Waals surface area contributed by atoms with Crippen LogP contribution in [0.2, 0.25) is 0 Å². The molecule has 196 valence electrons. The van der Waals surface area contributed by atoms with Gasteiger partial charge >= 0.3 is 6.18 Å². The Morgan fingerprint density at radius 3 is 2.24 bits per heavy atom. The number of benzene rings is 3. The summed E-state index contributed by atoms with van der Waals surface area (Å²) in [6, 6.07) is 16.1. The molecule has 3 aromatic carbocycles. The number of ether oxygens (including phenoxy) is 1. The second-order valence-corrected chi connectivity index (χ2v) is 10.6. The zero-order valence-corrected chi connectivity index (χ0v) is 21.1. The lowest BCUT2D eigenvalue weighted by atomic mass is 10.1. The summed E-state index contributed by atoms with van der Waals surface area (Å²) in [5.74, 6) is -0.115. The van der Waals surface area contributed by atoms with Gasteiger partial charge in [-0.3, -0.25) is 4.79 Å². The van der Waals surface area contributed by atoms with E-state index in [0.717, 1.165) is 17.7 Å². The molecule has 1 heterocycles. The van der Waals surface area contributed by atoms with Crippen molar-refractivity contribution in [1.29, 1.82) is 0 Å². The highest BCUT2D eigenvalue weighted by molar-refractivity contribution is 7.89. The van der Waals surface area contributed by atoms with Crippen LogP contribution in [0.5, 0.6) is 5.75 Å². The van der Waals surface area contributed by atoms with Crippen molar-refractivity contribution in [3.05, 3.63) is 83.4 Å². The Hall–Kier alpha value is -3.57. The van der Waals surface area contributed by atoms with Crippen molar-refractivity contribution in [1.82, 2.24) is 4.31 Å². The van der Waals surface area contributed by atoms with Gasteiger partial charge in [0, 0.05) is 37.4 Å². The van der Waals surface area contributed by atoms with Gasteiger partial charge in [0.2, 0.25) is 10.0 Å². The van der Waals surface area contributed by atoms with Crippen molar-refractivity contribution in [2.45, 2.75) is 18.0 Å². The molecule has 4 rings (SSSR count).